The van der Waals surface area contributed by atoms with Gasteiger partial charge >= 0.3 is 0 Å². The Labute approximate surface area is 70.7 Å². The van der Waals surface area contributed by atoms with Gasteiger partial charge in [-0.15, -0.1) is 24.0 Å². The minimum Gasteiger partial charge on any atom is -0.369 e. The predicted octanol–water partition coefficient (Wildman–Crippen LogP) is 0.506. The molecule has 0 aromatic rings. The first-order valence-corrected chi connectivity index (χ1v) is 2.89. The summed E-state index contributed by atoms with van der Waals surface area (Å²) in [5.41, 5.74) is 7.88. The molecule has 0 aliphatic carbocycles. The molecule has 0 aromatic heterocycles. The lowest BCUT2D eigenvalue weighted by Gasteiger charge is -1.95. The number of rotatable bonds is 2. The largest absolute Gasteiger partial charge is 0.369 e. The summed E-state index contributed by atoms with van der Waals surface area (Å²) in [4.78, 5) is 0. The lowest BCUT2D eigenvalue weighted by Crippen LogP contribution is -2.26. The van der Waals surface area contributed by atoms with Gasteiger partial charge in [-0.2, -0.15) is 5.10 Å². The van der Waals surface area contributed by atoms with Crippen molar-refractivity contribution in [3.8, 4) is 0 Å². The van der Waals surface area contributed by atoms with Gasteiger partial charge in [-0.05, 0) is 6.92 Å². The molecule has 0 rings (SSSR count). The molecule has 0 saturated heterocycles. The normalized spacial score (nSPS) is 10.0. The van der Waals surface area contributed by atoms with Crippen LogP contribution in [0.3, 0.4) is 0 Å². The van der Waals surface area contributed by atoms with Gasteiger partial charge in [0.15, 0.2) is 0 Å². The molecule has 4 nitrogen and oxygen atoms in total. The van der Waals surface area contributed by atoms with E-state index in [1.165, 1.54) is 0 Å². The zero-order chi connectivity index (χ0) is 7.28. The van der Waals surface area contributed by atoms with Gasteiger partial charge in [-0.1, -0.05) is 0 Å². The number of alkyl halides is 1. The van der Waals surface area contributed by atoms with Crippen molar-refractivity contribution in [2.75, 3.05) is 5.88 Å². The summed E-state index contributed by atoms with van der Waals surface area (Å²) in [5, 5.41) is 10.3. The highest BCUT2D eigenvalue weighted by molar-refractivity contribution is 6.28. The summed E-state index contributed by atoms with van der Waals surface area (Å²) in [7, 11) is 0. The lowest BCUT2D eigenvalue weighted by molar-refractivity contribution is 0.990. The third-order valence-corrected chi connectivity index (χ3v) is 0.947. The van der Waals surface area contributed by atoms with E-state index in [9.17, 15) is 0 Å². The lowest BCUT2D eigenvalue weighted by atomic mass is 10.5. The number of nitrogens with zero attached hydrogens (tertiary/aromatic N) is 1. The van der Waals surface area contributed by atoms with E-state index in [0.29, 0.717) is 11.6 Å². The molecule has 0 bridgehead atoms. The van der Waals surface area contributed by atoms with Crippen LogP contribution in [0, 0.1) is 5.41 Å². The van der Waals surface area contributed by atoms with Gasteiger partial charge in [-0.3, -0.25) is 5.41 Å². The number of hydrogen-bond acceptors (Lipinski definition) is 2. The molecule has 0 spiro atoms. The van der Waals surface area contributed by atoms with Crippen LogP contribution in [0.2, 0.25) is 0 Å². The molecule has 0 heterocycles. The fourth-order valence-electron chi connectivity index (χ4n) is 0.186. The van der Waals surface area contributed by atoms with Crippen LogP contribution in [0.15, 0.2) is 5.10 Å². The number of halogens is 2. The smallest absolute Gasteiger partial charge is 0.206 e. The number of hydrogen-bond donors (Lipinski definition) is 3. The number of guanidine groups is 1. The zero-order valence-corrected chi connectivity index (χ0v) is 7.09. The van der Waals surface area contributed by atoms with Crippen LogP contribution in [-0.4, -0.2) is 17.6 Å². The van der Waals surface area contributed by atoms with Gasteiger partial charge in [0, 0.05) is 5.71 Å². The molecule has 6 heteroatoms. The summed E-state index contributed by atoms with van der Waals surface area (Å²) in [6, 6.07) is 0. The average molecular weight is 185 g/mol. The summed E-state index contributed by atoms with van der Waals surface area (Å²) < 4.78 is 0. The maximum atomic E-state index is 6.68. The molecule has 0 atom stereocenters. The second-order valence-electron chi connectivity index (χ2n) is 1.51. The molecular formula is C4H10Cl2N4. The van der Waals surface area contributed by atoms with Gasteiger partial charge < -0.3 is 5.73 Å². The fourth-order valence-corrected chi connectivity index (χ4v) is 0.245. The van der Waals surface area contributed by atoms with Crippen LogP contribution >= 0.6 is 24.0 Å². The molecule has 10 heavy (non-hydrogen) atoms. The number of nitrogens with two attached hydrogens (primary N) is 1. The quantitative estimate of drug-likeness (QED) is 0.253. The summed E-state index contributed by atoms with van der Waals surface area (Å²) in [6.07, 6.45) is 0. The SMILES string of the molecule is CC(CCl)=NNC(=N)N.Cl. The van der Waals surface area contributed by atoms with Gasteiger partial charge in [0.1, 0.15) is 0 Å². The van der Waals surface area contributed by atoms with E-state index in [1.807, 2.05) is 0 Å². The third kappa shape index (κ3) is 7.52. The Morgan fingerprint density at radius 1 is 1.80 bits per heavy atom. The van der Waals surface area contributed by atoms with Gasteiger partial charge in [0.05, 0.1) is 5.88 Å². The molecule has 0 fully saturated rings. The minimum absolute atomic E-state index is 0. The average Bonchev–Trinajstić information content (AvgIpc) is 1.83. The molecule has 0 unspecified atom stereocenters. The van der Waals surface area contributed by atoms with Crippen LogP contribution in [0.4, 0.5) is 0 Å². The fraction of sp³-hybridized carbons (Fsp3) is 0.500. The van der Waals surface area contributed by atoms with Crippen LogP contribution < -0.4 is 11.2 Å². The zero-order valence-electron chi connectivity index (χ0n) is 5.52. The number of hydrazone groups is 1. The van der Waals surface area contributed by atoms with Crippen molar-refractivity contribution in [1.29, 1.82) is 5.41 Å². The number of nitrogens with one attached hydrogen (secondary N) is 2. The minimum atomic E-state index is -0.181. The van der Waals surface area contributed by atoms with Gasteiger partial charge in [0.25, 0.3) is 0 Å². The molecular weight excluding hydrogens is 175 g/mol. The van der Waals surface area contributed by atoms with E-state index < -0.39 is 0 Å². The highest BCUT2D eigenvalue weighted by atomic mass is 35.5. The van der Waals surface area contributed by atoms with Crippen molar-refractivity contribution in [3.05, 3.63) is 0 Å². The van der Waals surface area contributed by atoms with Gasteiger partial charge in [0.2, 0.25) is 5.96 Å². The molecule has 0 aliphatic heterocycles. The molecule has 0 radical (unpaired) electrons. The van der Waals surface area contributed by atoms with Crippen molar-refractivity contribution in [2.45, 2.75) is 6.92 Å². The van der Waals surface area contributed by atoms with Crippen molar-refractivity contribution in [3.63, 3.8) is 0 Å². The van der Waals surface area contributed by atoms with Gasteiger partial charge in [-0.25, -0.2) is 5.43 Å². The topological polar surface area (TPSA) is 74.3 Å². The molecule has 60 valence electrons. The third-order valence-electron chi connectivity index (χ3n) is 0.561. The summed E-state index contributed by atoms with van der Waals surface area (Å²) >= 11 is 5.35. The Morgan fingerprint density at radius 3 is 2.60 bits per heavy atom. The Bertz CT molecular complexity index is 133. The summed E-state index contributed by atoms with van der Waals surface area (Å²) in [6.45, 7) is 1.74. The van der Waals surface area contributed by atoms with Crippen molar-refractivity contribution in [2.24, 2.45) is 10.8 Å². The first kappa shape index (κ1) is 12.2. The van der Waals surface area contributed by atoms with E-state index in [1.54, 1.807) is 6.92 Å². The van der Waals surface area contributed by atoms with E-state index in [4.69, 9.17) is 22.7 Å². The monoisotopic (exact) mass is 184 g/mol. The second-order valence-corrected chi connectivity index (χ2v) is 1.77. The van der Waals surface area contributed by atoms with Crippen molar-refractivity contribution < 1.29 is 0 Å². The van der Waals surface area contributed by atoms with Crippen LogP contribution in [-0.2, 0) is 0 Å². The molecule has 0 aromatic carbocycles. The first-order chi connectivity index (χ1) is 4.16. The Balaban J connectivity index is 0. The highest BCUT2D eigenvalue weighted by Crippen LogP contribution is 1.78. The Hall–Kier alpha value is -0.480. The predicted molar refractivity (Wildman–Crippen MR) is 46.1 cm³/mol. The van der Waals surface area contributed by atoms with Crippen molar-refractivity contribution >= 4 is 35.7 Å². The second kappa shape index (κ2) is 6.64. The highest BCUT2D eigenvalue weighted by Gasteiger charge is 1.85. The van der Waals surface area contributed by atoms with Crippen LogP contribution in [0.1, 0.15) is 6.92 Å². The molecule has 0 amide bonds. The Morgan fingerprint density at radius 2 is 2.30 bits per heavy atom. The van der Waals surface area contributed by atoms with Crippen molar-refractivity contribution in [1.82, 2.24) is 5.43 Å². The van der Waals surface area contributed by atoms with E-state index in [2.05, 4.69) is 10.5 Å². The summed E-state index contributed by atoms with van der Waals surface area (Å²) in [5.74, 6) is 0.166. The molecule has 0 aliphatic rings. The van der Waals surface area contributed by atoms with E-state index in [-0.39, 0.29) is 18.4 Å². The first-order valence-electron chi connectivity index (χ1n) is 2.36. The van der Waals surface area contributed by atoms with E-state index in [0.717, 1.165) is 0 Å². The van der Waals surface area contributed by atoms with Crippen LogP contribution in [0.5, 0.6) is 0 Å². The Kier molecular flexibility index (Phi) is 8.11. The molecule has 0 saturated carbocycles. The van der Waals surface area contributed by atoms with Crippen LogP contribution in [0.25, 0.3) is 0 Å². The van der Waals surface area contributed by atoms with E-state index >= 15 is 0 Å². The maximum Gasteiger partial charge on any atom is 0.206 e. The molecule has 4 N–H and O–H groups in total. The maximum absolute atomic E-state index is 6.68. The standard InChI is InChI=1S/C4H9ClN4.ClH/c1-3(2-5)8-9-4(6)7;/h2H2,1H3,(H4,6,7,9);1H.